The van der Waals surface area contributed by atoms with Gasteiger partial charge in [-0.3, -0.25) is 0 Å². The van der Waals surface area contributed by atoms with Crippen molar-refractivity contribution in [3.63, 3.8) is 0 Å². The molecule has 0 fully saturated rings. The van der Waals surface area contributed by atoms with Gasteiger partial charge in [-0.15, -0.1) is 0 Å². The molecule has 0 amide bonds. The maximum absolute atomic E-state index is 5.90. The quantitative estimate of drug-likeness (QED) is 0.921. The third kappa shape index (κ3) is 2.86. The van der Waals surface area contributed by atoms with Crippen molar-refractivity contribution in [3.8, 4) is 0 Å². The zero-order valence-electron chi connectivity index (χ0n) is 10.3. The summed E-state index contributed by atoms with van der Waals surface area (Å²) in [5, 5.41) is 8.82. The van der Waals surface area contributed by atoms with Gasteiger partial charge < -0.3 is 5.73 Å². The molecule has 0 aliphatic carbocycles. The van der Waals surface area contributed by atoms with Gasteiger partial charge in [-0.25, -0.2) is 0 Å². The van der Waals surface area contributed by atoms with Gasteiger partial charge in [0.05, 0.1) is 5.69 Å². The number of hydrogen-bond donors (Lipinski definition) is 1. The number of rotatable bonds is 4. The van der Waals surface area contributed by atoms with E-state index in [1.807, 2.05) is 36.4 Å². The van der Waals surface area contributed by atoms with Crippen LogP contribution in [-0.2, 0) is 0 Å². The third-order valence-electron chi connectivity index (χ3n) is 3.23. The second-order valence-corrected chi connectivity index (χ2v) is 4.77. The van der Waals surface area contributed by atoms with Crippen molar-refractivity contribution in [1.29, 1.82) is 0 Å². The lowest BCUT2D eigenvalue weighted by Crippen LogP contribution is -2.19. The van der Waals surface area contributed by atoms with Gasteiger partial charge in [0.15, 0.2) is 0 Å². The van der Waals surface area contributed by atoms with E-state index in [1.165, 1.54) is 5.56 Å². The standard InChI is InChI=1S/C14H16ClN3/c1-10(11-4-6-12(15)7-5-11)13(9-16)14-3-2-8-17-18-14/h2-8,10,13H,9,16H2,1H3. The highest BCUT2D eigenvalue weighted by atomic mass is 35.5. The lowest BCUT2D eigenvalue weighted by molar-refractivity contribution is 0.563. The molecule has 0 aliphatic rings. The Morgan fingerprint density at radius 3 is 2.50 bits per heavy atom. The first-order chi connectivity index (χ1) is 8.72. The molecule has 4 heteroatoms. The number of hydrogen-bond acceptors (Lipinski definition) is 3. The molecule has 94 valence electrons. The van der Waals surface area contributed by atoms with E-state index in [0.717, 1.165) is 10.7 Å². The van der Waals surface area contributed by atoms with E-state index in [-0.39, 0.29) is 11.8 Å². The molecule has 1 aromatic heterocycles. The first-order valence-corrected chi connectivity index (χ1v) is 6.33. The van der Waals surface area contributed by atoms with Gasteiger partial charge in [0, 0.05) is 23.7 Å². The first kappa shape index (κ1) is 13.0. The van der Waals surface area contributed by atoms with E-state index in [1.54, 1.807) is 6.20 Å². The Hall–Kier alpha value is -1.45. The summed E-state index contributed by atoms with van der Waals surface area (Å²) >= 11 is 5.90. The van der Waals surface area contributed by atoms with Crippen molar-refractivity contribution >= 4 is 11.6 Å². The summed E-state index contributed by atoms with van der Waals surface area (Å²) in [6.45, 7) is 2.69. The zero-order valence-corrected chi connectivity index (χ0v) is 11.0. The molecular formula is C14H16ClN3. The summed E-state index contributed by atoms with van der Waals surface area (Å²) in [6, 6.07) is 11.7. The fourth-order valence-electron chi connectivity index (χ4n) is 2.09. The van der Waals surface area contributed by atoms with E-state index >= 15 is 0 Å². The Kier molecular flexibility index (Phi) is 4.28. The second-order valence-electron chi connectivity index (χ2n) is 4.33. The normalized spacial score (nSPS) is 14.2. The van der Waals surface area contributed by atoms with Gasteiger partial charge >= 0.3 is 0 Å². The van der Waals surface area contributed by atoms with Gasteiger partial charge in [0.2, 0.25) is 0 Å². The number of nitrogens with zero attached hydrogens (tertiary/aromatic N) is 2. The van der Waals surface area contributed by atoms with E-state index in [4.69, 9.17) is 17.3 Å². The molecule has 2 aromatic rings. The van der Waals surface area contributed by atoms with Crippen LogP contribution in [0.25, 0.3) is 0 Å². The smallest absolute Gasteiger partial charge is 0.0680 e. The summed E-state index contributed by atoms with van der Waals surface area (Å²) in [4.78, 5) is 0. The molecule has 0 saturated carbocycles. The lowest BCUT2D eigenvalue weighted by atomic mass is 9.85. The van der Waals surface area contributed by atoms with Gasteiger partial charge in [-0.1, -0.05) is 30.7 Å². The Bertz CT molecular complexity index is 484. The molecule has 0 spiro atoms. The summed E-state index contributed by atoms with van der Waals surface area (Å²) in [5.41, 5.74) is 8.02. The van der Waals surface area contributed by atoms with Crippen LogP contribution in [0.1, 0.15) is 30.0 Å². The maximum atomic E-state index is 5.90. The van der Waals surface area contributed by atoms with Crippen molar-refractivity contribution in [1.82, 2.24) is 10.2 Å². The molecule has 2 atom stereocenters. The Balaban J connectivity index is 2.25. The molecule has 0 aliphatic heterocycles. The van der Waals surface area contributed by atoms with Crippen molar-refractivity contribution < 1.29 is 0 Å². The van der Waals surface area contributed by atoms with Gasteiger partial charge in [-0.05, 0) is 35.7 Å². The molecule has 1 aromatic carbocycles. The highest BCUT2D eigenvalue weighted by Gasteiger charge is 2.20. The molecule has 2 rings (SSSR count). The molecule has 3 nitrogen and oxygen atoms in total. The predicted molar refractivity (Wildman–Crippen MR) is 73.7 cm³/mol. The van der Waals surface area contributed by atoms with E-state index in [2.05, 4.69) is 17.1 Å². The largest absolute Gasteiger partial charge is 0.330 e. The molecule has 0 radical (unpaired) electrons. The second kappa shape index (κ2) is 5.94. The van der Waals surface area contributed by atoms with Crippen LogP contribution in [0.15, 0.2) is 42.6 Å². The van der Waals surface area contributed by atoms with Crippen molar-refractivity contribution in [3.05, 3.63) is 58.9 Å². The minimum Gasteiger partial charge on any atom is -0.330 e. The Labute approximate surface area is 112 Å². The minimum absolute atomic E-state index is 0.167. The summed E-state index contributed by atoms with van der Waals surface area (Å²) in [7, 11) is 0. The zero-order chi connectivity index (χ0) is 13.0. The van der Waals surface area contributed by atoms with Crippen molar-refractivity contribution in [2.45, 2.75) is 18.8 Å². The highest BCUT2D eigenvalue weighted by Crippen LogP contribution is 2.31. The summed E-state index contributed by atoms with van der Waals surface area (Å²) < 4.78 is 0. The van der Waals surface area contributed by atoms with E-state index in [0.29, 0.717) is 6.54 Å². The summed E-state index contributed by atoms with van der Waals surface area (Å²) in [5.74, 6) is 0.448. The Morgan fingerprint density at radius 1 is 1.22 bits per heavy atom. The van der Waals surface area contributed by atoms with Crippen LogP contribution in [0.3, 0.4) is 0 Å². The van der Waals surface area contributed by atoms with Gasteiger partial charge in [0.1, 0.15) is 0 Å². The summed E-state index contributed by atoms with van der Waals surface area (Å²) in [6.07, 6.45) is 1.67. The molecule has 18 heavy (non-hydrogen) atoms. The number of benzene rings is 1. The fourth-order valence-corrected chi connectivity index (χ4v) is 2.22. The van der Waals surface area contributed by atoms with Crippen LogP contribution in [-0.4, -0.2) is 16.7 Å². The van der Waals surface area contributed by atoms with E-state index < -0.39 is 0 Å². The van der Waals surface area contributed by atoms with Crippen LogP contribution in [0, 0.1) is 0 Å². The lowest BCUT2D eigenvalue weighted by Gasteiger charge is -2.22. The average Bonchev–Trinajstić information content (AvgIpc) is 2.41. The van der Waals surface area contributed by atoms with E-state index in [9.17, 15) is 0 Å². The van der Waals surface area contributed by atoms with Crippen LogP contribution >= 0.6 is 11.6 Å². The molecule has 0 saturated heterocycles. The SMILES string of the molecule is CC(c1ccc(Cl)cc1)C(CN)c1cccnn1. The van der Waals surface area contributed by atoms with Gasteiger partial charge in [0.25, 0.3) is 0 Å². The molecule has 2 N–H and O–H groups in total. The monoisotopic (exact) mass is 261 g/mol. The van der Waals surface area contributed by atoms with Gasteiger partial charge in [-0.2, -0.15) is 10.2 Å². The predicted octanol–water partition coefficient (Wildman–Crippen LogP) is 2.98. The minimum atomic E-state index is 0.167. The number of halogens is 1. The van der Waals surface area contributed by atoms with Crippen molar-refractivity contribution in [2.75, 3.05) is 6.54 Å². The van der Waals surface area contributed by atoms with Crippen LogP contribution in [0.4, 0.5) is 0 Å². The molecule has 1 heterocycles. The van der Waals surface area contributed by atoms with Crippen LogP contribution < -0.4 is 5.73 Å². The number of aromatic nitrogens is 2. The van der Waals surface area contributed by atoms with Crippen molar-refractivity contribution in [2.24, 2.45) is 5.73 Å². The fraction of sp³-hybridized carbons (Fsp3) is 0.286. The molecular weight excluding hydrogens is 246 g/mol. The highest BCUT2D eigenvalue weighted by molar-refractivity contribution is 6.30. The molecule has 2 unspecified atom stereocenters. The number of nitrogens with two attached hydrogens (primary N) is 1. The third-order valence-corrected chi connectivity index (χ3v) is 3.48. The topological polar surface area (TPSA) is 51.8 Å². The maximum Gasteiger partial charge on any atom is 0.0680 e. The average molecular weight is 262 g/mol. The van der Waals surface area contributed by atoms with Crippen LogP contribution in [0.5, 0.6) is 0 Å². The molecule has 0 bridgehead atoms. The van der Waals surface area contributed by atoms with Crippen LogP contribution in [0.2, 0.25) is 5.02 Å². The first-order valence-electron chi connectivity index (χ1n) is 5.95. The Morgan fingerprint density at radius 2 is 1.94 bits per heavy atom.